The summed E-state index contributed by atoms with van der Waals surface area (Å²) in [4.78, 5) is 0. The minimum Gasteiger partial charge on any atom is -0.493 e. The first-order chi connectivity index (χ1) is 8.24. The molecule has 0 unspecified atom stereocenters. The van der Waals surface area contributed by atoms with Crippen molar-refractivity contribution in [2.45, 2.75) is 26.7 Å². The van der Waals surface area contributed by atoms with Crippen LogP contribution in [0.25, 0.3) is 0 Å². The van der Waals surface area contributed by atoms with Gasteiger partial charge < -0.3 is 10.5 Å². The minimum atomic E-state index is 0.798. The summed E-state index contributed by atoms with van der Waals surface area (Å²) in [5.74, 6) is 3.35. The van der Waals surface area contributed by atoms with Gasteiger partial charge in [0.15, 0.2) is 0 Å². The zero-order valence-corrected chi connectivity index (χ0v) is 11.7. The number of benzene rings is 1. The summed E-state index contributed by atoms with van der Waals surface area (Å²) >= 11 is 1.96. The topological polar surface area (TPSA) is 35.2 Å². The largest absolute Gasteiger partial charge is 0.493 e. The van der Waals surface area contributed by atoms with Crippen molar-refractivity contribution in [3.8, 4) is 5.75 Å². The highest BCUT2D eigenvalue weighted by Crippen LogP contribution is 2.19. The van der Waals surface area contributed by atoms with E-state index in [-0.39, 0.29) is 0 Å². The fraction of sp³-hybridized carbons (Fsp3) is 0.571. The molecule has 96 valence electrons. The summed E-state index contributed by atoms with van der Waals surface area (Å²) in [6.45, 7) is 5.78. The van der Waals surface area contributed by atoms with Gasteiger partial charge in [-0.1, -0.05) is 12.1 Å². The number of hydrogen-bond acceptors (Lipinski definition) is 3. The summed E-state index contributed by atoms with van der Waals surface area (Å²) in [5, 5.41) is 0. The predicted octanol–water partition coefficient (Wildman–Crippen LogP) is 3.15. The SMILES string of the molecule is Cc1ccc(C)c(OCCCSCCCN)c1. The van der Waals surface area contributed by atoms with Crippen LogP contribution in [0.2, 0.25) is 0 Å². The van der Waals surface area contributed by atoms with Gasteiger partial charge >= 0.3 is 0 Å². The van der Waals surface area contributed by atoms with E-state index >= 15 is 0 Å². The second kappa shape index (κ2) is 8.43. The Morgan fingerprint density at radius 2 is 1.94 bits per heavy atom. The number of rotatable bonds is 8. The van der Waals surface area contributed by atoms with Crippen LogP contribution in [0.15, 0.2) is 18.2 Å². The zero-order chi connectivity index (χ0) is 12.5. The number of nitrogens with two attached hydrogens (primary N) is 1. The van der Waals surface area contributed by atoms with E-state index in [0.29, 0.717) is 0 Å². The monoisotopic (exact) mass is 253 g/mol. The van der Waals surface area contributed by atoms with Gasteiger partial charge in [0.25, 0.3) is 0 Å². The van der Waals surface area contributed by atoms with Gasteiger partial charge in [0.1, 0.15) is 5.75 Å². The molecule has 1 aromatic carbocycles. The lowest BCUT2D eigenvalue weighted by Crippen LogP contribution is -2.02. The van der Waals surface area contributed by atoms with Crippen LogP contribution in [0.3, 0.4) is 0 Å². The van der Waals surface area contributed by atoms with Crippen LogP contribution >= 0.6 is 11.8 Å². The normalized spacial score (nSPS) is 10.5. The second-order valence-corrected chi connectivity index (χ2v) is 5.45. The van der Waals surface area contributed by atoms with Gasteiger partial charge in [-0.05, 0) is 61.9 Å². The highest BCUT2D eigenvalue weighted by atomic mass is 32.2. The molecule has 0 aliphatic heterocycles. The fourth-order valence-corrected chi connectivity index (χ4v) is 2.39. The molecule has 3 heteroatoms. The van der Waals surface area contributed by atoms with Gasteiger partial charge in [-0.2, -0.15) is 11.8 Å². The Morgan fingerprint density at radius 1 is 1.18 bits per heavy atom. The van der Waals surface area contributed by atoms with E-state index in [1.807, 2.05) is 11.8 Å². The smallest absolute Gasteiger partial charge is 0.122 e. The Morgan fingerprint density at radius 3 is 2.71 bits per heavy atom. The molecule has 0 saturated carbocycles. The maximum Gasteiger partial charge on any atom is 0.122 e. The van der Waals surface area contributed by atoms with E-state index in [1.54, 1.807) is 0 Å². The Bertz CT molecular complexity index is 328. The van der Waals surface area contributed by atoms with Crippen LogP contribution in [-0.2, 0) is 0 Å². The summed E-state index contributed by atoms with van der Waals surface area (Å²) < 4.78 is 5.79. The average molecular weight is 253 g/mol. The lowest BCUT2D eigenvalue weighted by atomic mass is 10.1. The van der Waals surface area contributed by atoms with Gasteiger partial charge in [0.05, 0.1) is 6.61 Å². The van der Waals surface area contributed by atoms with Gasteiger partial charge in [0, 0.05) is 0 Å². The maximum atomic E-state index is 5.79. The molecule has 1 aromatic rings. The molecule has 0 atom stereocenters. The summed E-state index contributed by atoms with van der Waals surface area (Å²) in [6, 6.07) is 6.34. The molecule has 0 amide bonds. The predicted molar refractivity (Wildman–Crippen MR) is 77.0 cm³/mol. The fourth-order valence-electron chi connectivity index (χ4n) is 1.49. The summed E-state index contributed by atoms with van der Waals surface area (Å²) in [5.41, 5.74) is 7.91. The highest BCUT2D eigenvalue weighted by Gasteiger charge is 1.99. The molecule has 2 N–H and O–H groups in total. The molecule has 0 saturated heterocycles. The van der Waals surface area contributed by atoms with Crippen LogP contribution in [0.1, 0.15) is 24.0 Å². The van der Waals surface area contributed by atoms with E-state index in [9.17, 15) is 0 Å². The van der Waals surface area contributed by atoms with Crippen LogP contribution in [0.5, 0.6) is 5.75 Å². The molecule has 0 fully saturated rings. The Labute approximate surface area is 109 Å². The molecule has 1 rings (SSSR count). The van der Waals surface area contributed by atoms with Crippen molar-refractivity contribution in [2.75, 3.05) is 24.7 Å². The molecule has 0 radical (unpaired) electrons. The van der Waals surface area contributed by atoms with E-state index in [4.69, 9.17) is 10.5 Å². The zero-order valence-electron chi connectivity index (χ0n) is 10.9. The Hall–Kier alpha value is -0.670. The number of ether oxygens (including phenoxy) is 1. The molecule has 17 heavy (non-hydrogen) atoms. The second-order valence-electron chi connectivity index (χ2n) is 4.23. The maximum absolute atomic E-state index is 5.79. The molecule has 0 heterocycles. The van der Waals surface area contributed by atoms with Crippen LogP contribution in [-0.4, -0.2) is 24.7 Å². The quantitative estimate of drug-likeness (QED) is 0.723. The Kier molecular flexibility index (Phi) is 7.13. The minimum absolute atomic E-state index is 0.798. The summed E-state index contributed by atoms with van der Waals surface area (Å²) in [7, 11) is 0. The first-order valence-corrected chi connectivity index (χ1v) is 7.37. The third kappa shape index (κ3) is 5.99. The van der Waals surface area contributed by atoms with Crippen molar-refractivity contribution in [1.82, 2.24) is 0 Å². The lowest BCUT2D eigenvalue weighted by Gasteiger charge is -2.09. The molecular weight excluding hydrogens is 230 g/mol. The van der Waals surface area contributed by atoms with Gasteiger partial charge in [-0.3, -0.25) is 0 Å². The number of aryl methyl sites for hydroxylation is 2. The van der Waals surface area contributed by atoms with Crippen LogP contribution < -0.4 is 10.5 Å². The molecule has 0 aromatic heterocycles. The average Bonchev–Trinajstić information content (AvgIpc) is 2.32. The van der Waals surface area contributed by atoms with Crippen molar-refractivity contribution < 1.29 is 4.74 Å². The highest BCUT2D eigenvalue weighted by molar-refractivity contribution is 7.99. The van der Waals surface area contributed by atoms with Crippen molar-refractivity contribution >= 4 is 11.8 Å². The molecular formula is C14H23NOS. The van der Waals surface area contributed by atoms with Gasteiger partial charge in [-0.15, -0.1) is 0 Å². The standard InChI is InChI=1S/C14H23NOS/c1-12-5-6-13(2)14(11-12)16-8-4-10-17-9-3-7-15/h5-6,11H,3-4,7-10,15H2,1-2H3. The third-order valence-corrected chi connectivity index (χ3v) is 3.68. The first kappa shape index (κ1) is 14.4. The van der Waals surface area contributed by atoms with Crippen LogP contribution in [0, 0.1) is 13.8 Å². The molecule has 2 nitrogen and oxygen atoms in total. The van der Waals surface area contributed by atoms with E-state index in [1.165, 1.54) is 16.9 Å². The van der Waals surface area contributed by atoms with Gasteiger partial charge in [0.2, 0.25) is 0 Å². The van der Waals surface area contributed by atoms with Crippen molar-refractivity contribution in [1.29, 1.82) is 0 Å². The van der Waals surface area contributed by atoms with Crippen molar-refractivity contribution in [3.63, 3.8) is 0 Å². The number of thioether (sulfide) groups is 1. The van der Waals surface area contributed by atoms with E-state index in [0.717, 1.165) is 37.5 Å². The molecule has 0 aliphatic carbocycles. The number of hydrogen-bond donors (Lipinski definition) is 1. The van der Waals surface area contributed by atoms with E-state index < -0.39 is 0 Å². The third-order valence-electron chi connectivity index (χ3n) is 2.53. The van der Waals surface area contributed by atoms with Crippen molar-refractivity contribution in [2.24, 2.45) is 5.73 Å². The van der Waals surface area contributed by atoms with E-state index in [2.05, 4.69) is 32.0 Å². The van der Waals surface area contributed by atoms with Crippen molar-refractivity contribution in [3.05, 3.63) is 29.3 Å². The summed E-state index contributed by atoms with van der Waals surface area (Å²) in [6.07, 6.45) is 2.21. The van der Waals surface area contributed by atoms with Gasteiger partial charge in [-0.25, -0.2) is 0 Å². The molecule has 0 aliphatic rings. The lowest BCUT2D eigenvalue weighted by molar-refractivity contribution is 0.316. The molecule has 0 spiro atoms. The Balaban J connectivity index is 2.15. The molecule has 0 bridgehead atoms. The first-order valence-electron chi connectivity index (χ1n) is 6.22. The van der Waals surface area contributed by atoms with Crippen LogP contribution in [0.4, 0.5) is 0 Å².